The van der Waals surface area contributed by atoms with Crippen LogP contribution in [0.3, 0.4) is 0 Å². The van der Waals surface area contributed by atoms with E-state index in [0.717, 1.165) is 24.6 Å². The zero-order chi connectivity index (χ0) is 14.5. The van der Waals surface area contributed by atoms with Crippen LogP contribution in [-0.4, -0.2) is 28.2 Å². The van der Waals surface area contributed by atoms with Gasteiger partial charge in [0.2, 0.25) is 10.0 Å². The molecule has 0 saturated heterocycles. The van der Waals surface area contributed by atoms with Crippen LogP contribution in [0.4, 0.5) is 10.1 Å². The Bertz CT molecular complexity index is 514. The van der Waals surface area contributed by atoms with Crippen molar-refractivity contribution in [3.05, 3.63) is 24.0 Å². The van der Waals surface area contributed by atoms with E-state index in [1.54, 1.807) is 0 Å². The second-order valence-electron chi connectivity index (χ2n) is 4.24. The number of nitrogens with one attached hydrogen (secondary N) is 1. The highest BCUT2D eigenvalue weighted by Crippen LogP contribution is 2.19. The first-order chi connectivity index (χ1) is 8.90. The first kappa shape index (κ1) is 15.9. The standard InChI is InChI=1S/C12H19FN2O3S/c1-3-4-10(8-18-2)15-19(16,17)12-6-5-9(13)7-11(12)14/h5-7,10,15H,3-4,8,14H2,1-2H3. The molecule has 0 aromatic heterocycles. The van der Waals surface area contributed by atoms with Gasteiger partial charge in [0.05, 0.1) is 12.3 Å². The summed E-state index contributed by atoms with van der Waals surface area (Å²) >= 11 is 0. The van der Waals surface area contributed by atoms with Gasteiger partial charge >= 0.3 is 0 Å². The van der Waals surface area contributed by atoms with Gasteiger partial charge in [-0.1, -0.05) is 13.3 Å². The molecule has 1 unspecified atom stereocenters. The van der Waals surface area contributed by atoms with Crippen LogP contribution in [0.2, 0.25) is 0 Å². The summed E-state index contributed by atoms with van der Waals surface area (Å²) in [7, 11) is -2.27. The summed E-state index contributed by atoms with van der Waals surface area (Å²) in [5, 5.41) is 0. The molecule has 3 N–H and O–H groups in total. The lowest BCUT2D eigenvalue weighted by Gasteiger charge is -2.18. The molecule has 1 aromatic rings. The number of methoxy groups -OCH3 is 1. The molecule has 7 heteroatoms. The van der Waals surface area contributed by atoms with Gasteiger partial charge in [0.25, 0.3) is 0 Å². The normalized spacial score (nSPS) is 13.4. The number of nitrogen functional groups attached to an aromatic ring is 1. The number of nitrogens with two attached hydrogens (primary N) is 1. The Morgan fingerprint density at radius 2 is 2.16 bits per heavy atom. The molecule has 0 amide bonds. The average Bonchev–Trinajstić information content (AvgIpc) is 2.28. The third-order valence-electron chi connectivity index (χ3n) is 2.59. The van der Waals surface area contributed by atoms with E-state index in [1.807, 2.05) is 6.92 Å². The quantitative estimate of drug-likeness (QED) is 0.746. The largest absolute Gasteiger partial charge is 0.398 e. The molecule has 0 aliphatic heterocycles. The van der Waals surface area contributed by atoms with Gasteiger partial charge < -0.3 is 10.5 Å². The molecular formula is C12H19FN2O3S. The van der Waals surface area contributed by atoms with Crippen molar-refractivity contribution in [2.24, 2.45) is 0 Å². The second kappa shape index (κ2) is 6.83. The summed E-state index contributed by atoms with van der Waals surface area (Å²) in [6.07, 6.45) is 1.46. The Balaban J connectivity index is 2.96. The Hall–Kier alpha value is -1.18. The topological polar surface area (TPSA) is 81.4 Å². The number of anilines is 1. The molecule has 19 heavy (non-hydrogen) atoms. The second-order valence-corrected chi connectivity index (χ2v) is 5.93. The monoisotopic (exact) mass is 290 g/mol. The van der Waals surface area contributed by atoms with Gasteiger partial charge in [-0.25, -0.2) is 17.5 Å². The van der Waals surface area contributed by atoms with Crippen molar-refractivity contribution in [2.75, 3.05) is 19.5 Å². The van der Waals surface area contributed by atoms with Crippen LogP contribution >= 0.6 is 0 Å². The van der Waals surface area contributed by atoms with E-state index < -0.39 is 15.8 Å². The van der Waals surface area contributed by atoms with Gasteiger partial charge in [0, 0.05) is 13.2 Å². The number of hydrogen-bond acceptors (Lipinski definition) is 4. The highest BCUT2D eigenvalue weighted by molar-refractivity contribution is 7.89. The molecule has 108 valence electrons. The minimum atomic E-state index is -3.77. The highest BCUT2D eigenvalue weighted by atomic mass is 32.2. The fourth-order valence-electron chi connectivity index (χ4n) is 1.77. The Kier molecular flexibility index (Phi) is 5.71. The lowest BCUT2D eigenvalue weighted by molar-refractivity contribution is 0.171. The van der Waals surface area contributed by atoms with Crippen molar-refractivity contribution in [1.29, 1.82) is 0 Å². The van der Waals surface area contributed by atoms with Gasteiger partial charge in [-0.05, 0) is 24.6 Å². The van der Waals surface area contributed by atoms with E-state index in [2.05, 4.69) is 4.72 Å². The molecule has 0 saturated carbocycles. The van der Waals surface area contributed by atoms with Crippen molar-refractivity contribution >= 4 is 15.7 Å². The molecule has 5 nitrogen and oxygen atoms in total. The fourth-order valence-corrected chi connectivity index (χ4v) is 3.14. The number of ether oxygens (including phenoxy) is 1. The molecule has 0 spiro atoms. The Labute approximate surface area is 113 Å². The maximum absolute atomic E-state index is 12.9. The van der Waals surface area contributed by atoms with Crippen LogP contribution in [0.25, 0.3) is 0 Å². The van der Waals surface area contributed by atoms with Crippen LogP contribution in [0.15, 0.2) is 23.1 Å². The maximum Gasteiger partial charge on any atom is 0.242 e. The summed E-state index contributed by atoms with van der Waals surface area (Å²) in [4.78, 5) is -0.119. The van der Waals surface area contributed by atoms with Crippen LogP contribution < -0.4 is 10.5 Å². The molecule has 0 fully saturated rings. The minimum Gasteiger partial charge on any atom is -0.398 e. The van der Waals surface area contributed by atoms with Crippen LogP contribution in [0.1, 0.15) is 19.8 Å². The molecule has 1 rings (SSSR count). The number of halogens is 1. The predicted molar refractivity (Wildman–Crippen MR) is 71.7 cm³/mol. The molecule has 0 radical (unpaired) electrons. The zero-order valence-electron chi connectivity index (χ0n) is 11.0. The maximum atomic E-state index is 12.9. The van der Waals surface area contributed by atoms with E-state index in [4.69, 9.17) is 10.5 Å². The van der Waals surface area contributed by atoms with E-state index >= 15 is 0 Å². The third-order valence-corrected chi connectivity index (χ3v) is 4.18. The lowest BCUT2D eigenvalue weighted by Crippen LogP contribution is -2.38. The van der Waals surface area contributed by atoms with Crippen LogP contribution in [-0.2, 0) is 14.8 Å². The smallest absolute Gasteiger partial charge is 0.242 e. The third kappa shape index (κ3) is 4.45. The number of rotatable bonds is 7. The Morgan fingerprint density at radius 3 is 2.68 bits per heavy atom. The summed E-state index contributed by atoms with van der Waals surface area (Å²) < 4.78 is 44.7. The van der Waals surface area contributed by atoms with Crippen molar-refractivity contribution in [3.63, 3.8) is 0 Å². The number of hydrogen-bond donors (Lipinski definition) is 2. The first-order valence-electron chi connectivity index (χ1n) is 5.97. The molecule has 1 atom stereocenters. The van der Waals surface area contributed by atoms with Crippen molar-refractivity contribution in [1.82, 2.24) is 4.72 Å². The van der Waals surface area contributed by atoms with Gasteiger partial charge in [0.15, 0.2) is 0 Å². The summed E-state index contributed by atoms with van der Waals surface area (Å²) in [5.41, 5.74) is 5.43. The number of sulfonamides is 1. The van der Waals surface area contributed by atoms with Gasteiger partial charge in [0.1, 0.15) is 10.7 Å². The van der Waals surface area contributed by atoms with E-state index in [-0.39, 0.29) is 23.2 Å². The molecule has 1 aromatic carbocycles. The first-order valence-corrected chi connectivity index (χ1v) is 7.45. The molecule has 0 bridgehead atoms. The highest BCUT2D eigenvalue weighted by Gasteiger charge is 2.22. The fraction of sp³-hybridized carbons (Fsp3) is 0.500. The van der Waals surface area contributed by atoms with Crippen molar-refractivity contribution in [2.45, 2.75) is 30.7 Å². The van der Waals surface area contributed by atoms with Crippen molar-refractivity contribution < 1.29 is 17.5 Å². The van der Waals surface area contributed by atoms with Crippen LogP contribution in [0.5, 0.6) is 0 Å². The van der Waals surface area contributed by atoms with Crippen molar-refractivity contribution in [3.8, 4) is 0 Å². The zero-order valence-corrected chi connectivity index (χ0v) is 11.8. The Morgan fingerprint density at radius 1 is 1.47 bits per heavy atom. The van der Waals surface area contributed by atoms with Gasteiger partial charge in [-0.2, -0.15) is 0 Å². The van der Waals surface area contributed by atoms with E-state index in [1.165, 1.54) is 7.11 Å². The summed E-state index contributed by atoms with van der Waals surface area (Å²) in [6, 6.07) is 2.88. The molecule has 0 heterocycles. The summed E-state index contributed by atoms with van der Waals surface area (Å²) in [6.45, 7) is 2.22. The SMILES string of the molecule is CCCC(COC)NS(=O)(=O)c1ccc(F)cc1N. The lowest BCUT2D eigenvalue weighted by atomic mass is 10.2. The summed E-state index contributed by atoms with van der Waals surface area (Å²) in [5.74, 6) is -0.571. The predicted octanol–water partition coefficient (Wildman–Crippen LogP) is 1.50. The van der Waals surface area contributed by atoms with Crippen LogP contribution in [0, 0.1) is 5.82 Å². The minimum absolute atomic E-state index is 0.111. The van der Waals surface area contributed by atoms with Gasteiger partial charge in [-0.3, -0.25) is 0 Å². The number of benzene rings is 1. The molecule has 0 aliphatic carbocycles. The van der Waals surface area contributed by atoms with E-state index in [0.29, 0.717) is 6.42 Å². The van der Waals surface area contributed by atoms with E-state index in [9.17, 15) is 12.8 Å². The molecular weight excluding hydrogens is 271 g/mol. The molecule has 0 aliphatic rings. The van der Waals surface area contributed by atoms with Gasteiger partial charge in [-0.15, -0.1) is 0 Å². The average molecular weight is 290 g/mol.